The van der Waals surface area contributed by atoms with Crippen molar-refractivity contribution in [3.63, 3.8) is 0 Å². The fourth-order valence-electron chi connectivity index (χ4n) is 2.44. The summed E-state index contributed by atoms with van der Waals surface area (Å²) in [6, 6.07) is 9.06. The van der Waals surface area contributed by atoms with Gasteiger partial charge in [0.1, 0.15) is 5.76 Å². The zero-order valence-corrected chi connectivity index (χ0v) is 14.9. The van der Waals surface area contributed by atoms with E-state index in [9.17, 15) is 13.2 Å². The summed E-state index contributed by atoms with van der Waals surface area (Å²) in [5.41, 5.74) is 2.51. The van der Waals surface area contributed by atoms with Crippen LogP contribution in [-0.4, -0.2) is 27.1 Å². The van der Waals surface area contributed by atoms with E-state index in [4.69, 9.17) is 4.42 Å². The SMILES string of the molecule is Cc1ccc(N(CCC(=O)NCc2ccco2)S(C)(=O)=O)c(C)c1. The number of rotatable bonds is 7. The Morgan fingerprint density at radius 3 is 2.58 bits per heavy atom. The molecule has 1 N–H and O–H groups in total. The van der Waals surface area contributed by atoms with E-state index >= 15 is 0 Å². The van der Waals surface area contributed by atoms with Crippen molar-refractivity contribution < 1.29 is 17.6 Å². The lowest BCUT2D eigenvalue weighted by Crippen LogP contribution is -2.35. The third-order valence-corrected chi connectivity index (χ3v) is 4.78. The number of furan rings is 1. The number of aryl methyl sites for hydroxylation is 2. The van der Waals surface area contributed by atoms with Crippen LogP contribution in [0.15, 0.2) is 41.0 Å². The number of carbonyl (C=O) groups is 1. The predicted molar refractivity (Wildman–Crippen MR) is 93.3 cm³/mol. The number of nitrogens with zero attached hydrogens (tertiary/aromatic N) is 1. The molecule has 0 atom stereocenters. The molecule has 0 aliphatic heterocycles. The fourth-order valence-corrected chi connectivity index (χ4v) is 3.43. The molecular weight excluding hydrogens is 328 g/mol. The molecule has 1 amide bonds. The van der Waals surface area contributed by atoms with Gasteiger partial charge in [0.15, 0.2) is 0 Å². The lowest BCUT2D eigenvalue weighted by molar-refractivity contribution is -0.121. The Labute approximate surface area is 142 Å². The first-order valence-electron chi connectivity index (χ1n) is 7.61. The van der Waals surface area contributed by atoms with Gasteiger partial charge in [-0.15, -0.1) is 0 Å². The van der Waals surface area contributed by atoms with Gasteiger partial charge in [0.2, 0.25) is 15.9 Å². The predicted octanol–water partition coefficient (Wildman–Crippen LogP) is 2.37. The van der Waals surface area contributed by atoms with Crippen molar-refractivity contribution in [3.05, 3.63) is 53.5 Å². The molecule has 1 aromatic heterocycles. The van der Waals surface area contributed by atoms with Crippen LogP contribution in [-0.2, 0) is 21.4 Å². The van der Waals surface area contributed by atoms with E-state index in [0.29, 0.717) is 11.4 Å². The van der Waals surface area contributed by atoms with Gasteiger partial charge in [-0.25, -0.2) is 8.42 Å². The maximum absolute atomic E-state index is 12.1. The van der Waals surface area contributed by atoms with E-state index in [2.05, 4.69) is 5.32 Å². The average Bonchev–Trinajstić information content (AvgIpc) is 2.99. The van der Waals surface area contributed by atoms with E-state index in [1.165, 1.54) is 10.6 Å². The quantitative estimate of drug-likeness (QED) is 0.831. The zero-order chi connectivity index (χ0) is 17.7. The standard InChI is InChI=1S/C17H22N2O4S/c1-13-6-7-16(14(2)11-13)19(24(3,21)22)9-8-17(20)18-12-15-5-4-10-23-15/h4-7,10-11H,8-9,12H2,1-3H3,(H,18,20). The van der Waals surface area contributed by atoms with Gasteiger partial charge in [-0.05, 0) is 37.6 Å². The van der Waals surface area contributed by atoms with Crippen molar-refractivity contribution >= 4 is 21.6 Å². The highest BCUT2D eigenvalue weighted by atomic mass is 32.2. The van der Waals surface area contributed by atoms with E-state index in [1.54, 1.807) is 18.2 Å². The largest absolute Gasteiger partial charge is 0.467 e. The lowest BCUT2D eigenvalue weighted by atomic mass is 10.1. The molecule has 130 valence electrons. The summed E-state index contributed by atoms with van der Waals surface area (Å²) in [5, 5.41) is 2.71. The maximum Gasteiger partial charge on any atom is 0.232 e. The second kappa shape index (κ2) is 7.53. The Kier molecular flexibility index (Phi) is 5.66. The van der Waals surface area contributed by atoms with Gasteiger partial charge < -0.3 is 9.73 Å². The van der Waals surface area contributed by atoms with Gasteiger partial charge >= 0.3 is 0 Å². The number of sulfonamides is 1. The molecule has 0 aliphatic rings. The second-order valence-electron chi connectivity index (χ2n) is 5.73. The lowest BCUT2D eigenvalue weighted by Gasteiger charge is -2.24. The van der Waals surface area contributed by atoms with Gasteiger partial charge in [-0.3, -0.25) is 9.10 Å². The van der Waals surface area contributed by atoms with Gasteiger partial charge in [-0.2, -0.15) is 0 Å². The number of hydrogen-bond acceptors (Lipinski definition) is 4. The monoisotopic (exact) mass is 350 g/mol. The van der Waals surface area contributed by atoms with Crippen LogP contribution in [0.2, 0.25) is 0 Å². The number of carbonyl (C=O) groups excluding carboxylic acids is 1. The molecule has 0 aliphatic carbocycles. The first-order valence-corrected chi connectivity index (χ1v) is 9.46. The minimum atomic E-state index is -3.47. The topological polar surface area (TPSA) is 79.6 Å². The van der Waals surface area contributed by atoms with Crippen molar-refractivity contribution in [2.75, 3.05) is 17.1 Å². The van der Waals surface area contributed by atoms with Crippen molar-refractivity contribution in [1.29, 1.82) is 0 Å². The van der Waals surface area contributed by atoms with Crippen LogP contribution < -0.4 is 9.62 Å². The van der Waals surface area contributed by atoms with Crippen LogP contribution >= 0.6 is 0 Å². The Morgan fingerprint density at radius 2 is 2.00 bits per heavy atom. The van der Waals surface area contributed by atoms with Crippen LogP contribution in [0, 0.1) is 13.8 Å². The van der Waals surface area contributed by atoms with E-state index in [0.717, 1.165) is 17.4 Å². The molecule has 24 heavy (non-hydrogen) atoms. The van der Waals surface area contributed by atoms with Crippen LogP contribution in [0.3, 0.4) is 0 Å². The molecule has 0 radical (unpaired) electrons. The molecule has 6 nitrogen and oxygen atoms in total. The van der Waals surface area contributed by atoms with Crippen molar-refractivity contribution in [2.45, 2.75) is 26.8 Å². The zero-order valence-electron chi connectivity index (χ0n) is 14.1. The Morgan fingerprint density at radius 1 is 1.25 bits per heavy atom. The average molecular weight is 350 g/mol. The van der Waals surface area contributed by atoms with Crippen LogP contribution in [0.1, 0.15) is 23.3 Å². The van der Waals surface area contributed by atoms with Crippen LogP contribution in [0.25, 0.3) is 0 Å². The Balaban J connectivity index is 2.03. The molecule has 0 fully saturated rings. The molecule has 7 heteroatoms. The molecule has 0 saturated heterocycles. The number of amides is 1. The minimum Gasteiger partial charge on any atom is -0.467 e. The van der Waals surface area contributed by atoms with Crippen LogP contribution in [0.4, 0.5) is 5.69 Å². The molecule has 2 aromatic rings. The second-order valence-corrected chi connectivity index (χ2v) is 7.64. The number of anilines is 1. The van der Waals surface area contributed by atoms with Crippen molar-refractivity contribution in [1.82, 2.24) is 5.32 Å². The molecule has 0 bridgehead atoms. The smallest absolute Gasteiger partial charge is 0.232 e. The Hall–Kier alpha value is -2.28. The fraction of sp³-hybridized carbons (Fsp3) is 0.353. The highest BCUT2D eigenvalue weighted by molar-refractivity contribution is 7.92. The molecule has 2 rings (SSSR count). The summed E-state index contributed by atoms with van der Waals surface area (Å²) in [4.78, 5) is 12.0. The van der Waals surface area contributed by atoms with Gasteiger partial charge in [0, 0.05) is 13.0 Å². The van der Waals surface area contributed by atoms with Crippen molar-refractivity contribution in [3.8, 4) is 0 Å². The summed E-state index contributed by atoms with van der Waals surface area (Å²) in [5.74, 6) is 0.419. The first-order chi connectivity index (χ1) is 11.3. The van der Waals surface area contributed by atoms with E-state index < -0.39 is 10.0 Å². The summed E-state index contributed by atoms with van der Waals surface area (Å²) >= 11 is 0. The number of nitrogens with one attached hydrogen (secondary N) is 1. The summed E-state index contributed by atoms with van der Waals surface area (Å²) in [7, 11) is -3.47. The minimum absolute atomic E-state index is 0.0705. The van der Waals surface area contributed by atoms with Crippen LogP contribution in [0.5, 0.6) is 0 Å². The Bertz CT molecular complexity index is 798. The molecule has 0 saturated carbocycles. The number of hydrogen-bond donors (Lipinski definition) is 1. The van der Waals surface area contributed by atoms with Gasteiger partial charge in [0.25, 0.3) is 0 Å². The van der Waals surface area contributed by atoms with E-state index in [1.807, 2.05) is 26.0 Å². The van der Waals surface area contributed by atoms with Gasteiger partial charge in [-0.1, -0.05) is 17.7 Å². The number of benzene rings is 1. The highest BCUT2D eigenvalue weighted by Gasteiger charge is 2.20. The maximum atomic E-state index is 12.1. The molecule has 0 spiro atoms. The molecule has 1 heterocycles. The summed E-state index contributed by atoms with van der Waals surface area (Å²) < 4.78 is 30.6. The third kappa shape index (κ3) is 4.86. The normalized spacial score (nSPS) is 11.3. The van der Waals surface area contributed by atoms with Gasteiger partial charge in [0.05, 0.1) is 24.8 Å². The highest BCUT2D eigenvalue weighted by Crippen LogP contribution is 2.23. The summed E-state index contributed by atoms with van der Waals surface area (Å²) in [6.45, 7) is 4.18. The van der Waals surface area contributed by atoms with Crippen molar-refractivity contribution in [2.24, 2.45) is 0 Å². The third-order valence-electron chi connectivity index (χ3n) is 3.60. The molecular formula is C17H22N2O4S. The molecule has 1 aromatic carbocycles. The first kappa shape index (κ1) is 18.1. The molecule has 0 unspecified atom stereocenters. The van der Waals surface area contributed by atoms with E-state index in [-0.39, 0.29) is 25.4 Å². The summed E-state index contributed by atoms with van der Waals surface area (Å²) in [6.07, 6.45) is 2.75.